The highest BCUT2D eigenvalue weighted by Gasteiger charge is 2.38. The Hall–Kier alpha value is -2.61. The molecule has 11 heteroatoms. The Kier molecular flexibility index (Phi) is 6.06. The summed E-state index contributed by atoms with van der Waals surface area (Å²) >= 11 is 0. The maximum Gasteiger partial charge on any atom is 0.200 e. The lowest BCUT2D eigenvalue weighted by atomic mass is 10.1. The standard InChI is InChI=1S/C20H9F10P/c1-6-4-3-5-8(7(6)2)31(19-15(27)11(23)9(21)12(24)16(19)28)20-17(29)13(25)10(22)14(26)18(20)30/h3-5H,1-2H3. The van der Waals surface area contributed by atoms with Crippen molar-refractivity contribution < 1.29 is 43.9 Å². The summed E-state index contributed by atoms with van der Waals surface area (Å²) in [7, 11) is -3.45. The van der Waals surface area contributed by atoms with Gasteiger partial charge in [0.2, 0.25) is 11.6 Å². The first-order chi connectivity index (χ1) is 14.4. The molecule has 0 saturated heterocycles. The molecule has 0 aromatic heterocycles. The van der Waals surface area contributed by atoms with Gasteiger partial charge >= 0.3 is 0 Å². The van der Waals surface area contributed by atoms with Crippen molar-refractivity contribution in [2.75, 3.05) is 0 Å². The van der Waals surface area contributed by atoms with Gasteiger partial charge in [0.1, 0.15) is 0 Å². The lowest BCUT2D eigenvalue weighted by Gasteiger charge is -2.24. The summed E-state index contributed by atoms with van der Waals surface area (Å²) in [5, 5.41) is -3.74. The molecule has 0 spiro atoms. The molecule has 3 rings (SSSR count). The quantitative estimate of drug-likeness (QED) is 0.207. The molecule has 0 aliphatic rings. The van der Waals surface area contributed by atoms with Crippen LogP contribution in [0.25, 0.3) is 0 Å². The molecule has 0 radical (unpaired) electrons. The van der Waals surface area contributed by atoms with Gasteiger partial charge in [-0.1, -0.05) is 18.2 Å². The third-order valence-corrected chi connectivity index (χ3v) is 7.28. The summed E-state index contributed by atoms with van der Waals surface area (Å²) in [6.07, 6.45) is 0. The van der Waals surface area contributed by atoms with E-state index >= 15 is 0 Å². The zero-order valence-corrected chi connectivity index (χ0v) is 16.4. The highest BCUT2D eigenvalue weighted by Crippen LogP contribution is 2.41. The maximum atomic E-state index is 14.6. The molecule has 0 nitrogen and oxygen atoms in total. The molecule has 0 heterocycles. The Bertz CT molecular complexity index is 1090. The van der Waals surface area contributed by atoms with Crippen LogP contribution in [0.1, 0.15) is 11.1 Å². The Balaban J connectivity index is 2.57. The molecule has 0 aliphatic heterocycles. The molecule has 0 N–H and O–H groups in total. The molecular weight excluding hydrogens is 461 g/mol. The Labute approximate surface area is 169 Å². The first-order valence-electron chi connectivity index (χ1n) is 8.30. The number of aryl methyl sites for hydroxylation is 1. The number of rotatable bonds is 3. The van der Waals surface area contributed by atoms with Crippen molar-refractivity contribution in [3.8, 4) is 0 Å². The molecule has 0 atom stereocenters. The van der Waals surface area contributed by atoms with Crippen molar-refractivity contribution in [3.05, 3.63) is 87.5 Å². The summed E-state index contributed by atoms with van der Waals surface area (Å²) < 4.78 is 141. The summed E-state index contributed by atoms with van der Waals surface area (Å²) in [4.78, 5) is 0. The zero-order chi connectivity index (χ0) is 23.4. The predicted octanol–water partition coefficient (Wildman–Crippen LogP) is 5.45. The van der Waals surface area contributed by atoms with Gasteiger partial charge < -0.3 is 0 Å². The normalized spacial score (nSPS) is 11.5. The predicted molar refractivity (Wildman–Crippen MR) is 94.2 cm³/mol. The fourth-order valence-electron chi connectivity index (χ4n) is 2.91. The van der Waals surface area contributed by atoms with E-state index in [0.29, 0.717) is 5.56 Å². The molecule has 31 heavy (non-hydrogen) atoms. The lowest BCUT2D eigenvalue weighted by molar-refractivity contribution is 0.383. The molecule has 0 saturated carbocycles. The van der Waals surface area contributed by atoms with Gasteiger partial charge in [-0.2, -0.15) is 0 Å². The lowest BCUT2D eigenvalue weighted by Crippen LogP contribution is -2.34. The van der Waals surface area contributed by atoms with Gasteiger partial charge in [0, 0.05) is 0 Å². The molecule has 164 valence electrons. The third-order valence-electron chi connectivity index (χ3n) is 4.64. The second-order valence-corrected chi connectivity index (χ2v) is 8.44. The van der Waals surface area contributed by atoms with Crippen molar-refractivity contribution in [1.82, 2.24) is 0 Å². The second-order valence-electron chi connectivity index (χ2n) is 6.39. The van der Waals surface area contributed by atoms with Crippen LogP contribution in [0, 0.1) is 72.0 Å². The number of hydrogen-bond acceptors (Lipinski definition) is 0. The van der Waals surface area contributed by atoms with E-state index < -0.39 is 76.7 Å². The SMILES string of the molecule is Cc1cccc(P(c2c(F)c(F)c(F)c(F)c2F)c2c(F)c(F)c(F)c(F)c2F)c1C. The maximum absolute atomic E-state index is 14.6. The second kappa shape index (κ2) is 8.15. The zero-order valence-electron chi connectivity index (χ0n) is 15.5. The van der Waals surface area contributed by atoms with Gasteiger partial charge in [0.05, 0.1) is 10.6 Å². The van der Waals surface area contributed by atoms with Crippen LogP contribution in [0.3, 0.4) is 0 Å². The number of halogens is 10. The van der Waals surface area contributed by atoms with E-state index in [-0.39, 0.29) is 10.9 Å². The number of hydrogen-bond donors (Lipinski definition) is 0. The molecule has 0 bridgehead atoms. The van der Waals surface area contributed by atoms with E-state index in [0.717, 1.165) is 6.07 Å². The summed E-state index contributed by atoms with van der Waals surface area (Å²) in [6, 6.07) is 3.75. The average molecular weight is 470 g/mol. The smallest absolute Gasteiger partial charge is 0.200 e. The minimum absolute atomic E-state index is 0.0986. The van der Waals surface area contributed by atoms with E-state index in [1.54, 1.807) is 0 Å². The third kappa shape index (κ3) is 3.46. The molecular formula is C20H9F10P. The highest BCUT2D eigenvalue weighted by atomic mass is 31.1. The van der Waals surface area contributed by atoms with Crippen LogP contribution in [-0.2, 0) is 0 Å². The number of benzene rings is 3. The monoisotopic (exact) mass is 470 g/mol. The van der Waals surface area contributed by atoms with Crippen LogP contribution in [0.4, 0.5) is 43.9 Å². The van der Waals surface area contributed by atoms with Crippen LogP contribution in [-0.4, -0.2) is 0 Å². The largest absolute Gasteiger partial charge is 0.203 e. The van der Waals surface area contributed by atoms with Gasteiger partial charge in [-0.3, -0.25) is 0 Å². The van der Waals surface area contributed by atoms with E-state index in [1.807, 2.05) is 0 Å². The van der Waals surface area contributed by atoms with Crippen LogP contribution in [0.15, 0.2) is 18.2 Å². The van der Waals surface area contributed by atoms with Crippen molar-refractivity contribution in [3.63, 3.8) is 0 Å². The summed E-state index contributed by atoms with van der Waals surface area (Å²) in [5.74, 6) is -24.5. The summed E-state index contributed by atoms with van der Waals surface area (Å²) in [5.41, 5.74) is 0.472. The molecule has 0 fully saturated rings. The first-order valence-corrected chi connectivity index (χ1v) is 9.65. The van der Waals surface area contributed by atoms with Crippen LogP contribution in [0.2, 0.25) is 0 Å². The van der Waals surface area contributed by atoms with Gasteiger partial charge in [-0.25, -0.2) is 43.9 Å². The van der Waals surface area contributed by atoms with Crippen LogP contribution >= 0.6 is 7.92 Å². The summed E-state index contributed by atoms with van der Waals surface area (Å²) in [6.45, 7) is 2.77. The topological polar surface area (TPSA) is 0 Å². The van der Waals surface area contributed by atoms with Gasteiger partial charge in [-0.15, -0.1) is 0 Å². The molecule has 0 unspecified atom stereocenters. The molecule has 0 aliphatic carbocycles. The first kappa shape index (κ1) is 23.1. The fourth-order valence-corrected chi connectivity index (χ4v) is 5.54. The highest BCUT2D eigenvalue weighted by molar-refractivity contribution is 7.80. The van der Waals surface area contributed by atoms with Gasteiger partial charge in [-0.05, 0) is 38.2 Å². The molecule has 0 amide bonds. The van der Waals surface area contributed by atoms with Crippen LogP contribution < -0.4 is 15.9 Å². The van der Waals surface area contributed by atoms with Gasteiger partial charge in [0.25, 0.3) is 0 Å². The van der Waals surface area contributed by atoms with E-state index in [9.17, 15) is 43.9 Å². The Morgan fingerprint density at radius 1 is 0.484 bits per heavy atom. The average Bonchev–Trinajstić information content (AvgIpc) is 2.74. The van der Waals surface area contributed by atoms with E-state index in [2.05, 4.69) is 0 Å². The van der Waals surface area contributed by atoms with Crippen LogP contribution in [0.5, 0.6) is 0 Å². The van der Waals surface area contributed by atoms with Gasteiger partial charge in [0.15, 0.2) is 46.5 Å². The Morgan fingerprint density at radius 2 is 0.806 bits per heavy atom. The van der Waals surface area contributed by atoms with Crippen molar-refractivity contribution in [1.29, 1.82) is 0 Å². The van der Waals surface area contributed by atoms with Crippen molar-refractivity contribution >= 4 is 23.8 Å². The molecule has 3 aromatic rings. The molecule has 3 aromatic carbocycles. The van der Waals surface area contributed by atoms with Crippen molar-refractivity contribution in [2.45, 2.75) is 13.8 Å². The Morgan fingerprint density at radius 3 is 1.16 bits per heavy atom. The fraction of sp³-hybridized carbons (Fsp3) is 0.100. The minimum atomic E-state index is -3.45. The van der Waals surface area contributed by atoms with E-state index in [1.165, 1.54) is 26.0 Å². The van der Waals surface area contributed by atoms with E-state index in [4.69, 9.17) is 0 Å². The van der Waals surface area contributed by atoms with Crippen molar-refractivity contribution in [2.24, 2.45) is 0 Å². The minimum Gasteiger partial charge on any atom is -0.203 e.